The van der Waals surface area contributed by atoms with E-state index in [1.165, 1.54) is 4.90 Å². The van der Waals surface area contributed by atoms with Crippen LogP contribution in [0.1, 0.15) is 0 Å². The van der Waals surface area contributed by atoms with Gasteiger partial charge in [-0.25, -0.2) is 9.18 Å². The maximum atomic E-state index is 13.3. The van der Waals surface area contributed by atoms with Gasteiger partial charge in [0.05, 0.1) is 4.92 Å². The number of amides is 3. The van der Waals surface area contributed by atoms with E-state index in [0.29, 0.717) is 31.9 Å². The van der Waals surface area contributed by atoms with Gasteiger partial charge in [-0.1, -0.05) is 18.2 Å². The lowest BCUT2D eigenvalue weighted by Gasteiger charge is -2.34. The van der Waals surface area contributed by atoms with E-state index < -0.39 is 28.9 Å². The summed E-state index contributed by atoms with van der Waals surface area (Å²) in [7, 11) is 0. The molecule has 10 heteroatoms. The van der Waals surface area contributed by atoms with Crippen molar-refractivity contribution >= 4 is 23.3 Å². The zero-order chi connectivity index (χ0) is 20.8. The summed E-state index contributed by atoms with van der Waals surface area (Å²) in [6, 6.07) is 11.6. The van der Waals surface area contributed by atoms with Crippen molar-refractivity contribution in [3.8, 4) is 5.75 Å². The predicted molar refractivity (Wildman–Crippen MR) is 102 cm³/mol. The molecule has 3 rings (SSSR count). The fraction of sp³-hybridized carbons (Fsp3) is 0.263. The smallest absolute Gasteiger partial charge is 0.321 e. The summed E-state index contributed by atoms with van der Waals surface area (Å²) in [5.74, 6) is -1.40. The van der Waals surface area contributed by atoms with Crippen LogP contribution in [-0.4, -0.2) is 59.4 Å². The second-order valence-electron chi connectivity index (χ2n) is 6.32. The molecule has 0 spiro atoms. The Morgan fingerprint density at radius 1 is 1.07 bits per heavy atom. The van der Waals surface area contributed by atoms with E-state index in [1.807, 2.05) is 18.2 Å². The Balaban J connectivity index is 1.50. The van der Waals surface area contributed by atoms with Gasteiger partial charge in [0.2, 0.25) is 5.75 Å². The molecule has 0 bridgehead atoms. The van der Waals surface area contributed by atoms with Crippen LogP contribution in [0.2, 0.25) is 0 Å². The van der Waals surface area contributed by atoms with Crippen LogP contribution in [0.15, 0.2) is 48.5 Å². The molecule has 1 saturated heterocycles. The third-order valence-corrected chi connectivity index (χ3v) is 4.41. The highest BCUT2D eigenvalue weighted by atomic mass is 19.1. The molecule has 0 unspecified atom stereocenters. The molecule has 2 aromatic rings. The van der Waals surface area contributed by atoms with Crippen LogP contribution in [0.25, 0.3) is 0 Å². The minimum atomic E-state index is -0.705. The van der Waals surface area contributed by atoms with Gasteiger partial charge >= 0.3 is 11.7 Å². The van der Waals surface area contributed by atoms with Crippen LogP contribution in [0.3, 0.4) is 0 Å². The lowest BCUT2D eigenvalue weighted by Crippen LogP contribution is -2.52. The lowest BCUT2D eigenvalue weighted by molar-refractivity contribution is -0.385. The molecular weight excluding hydrogens is 383 g/mol. The van der Waals surface area contributed by atoms with Crippen LogP contribution in [0, 0.1) is 15.9 Å². The van der Waals surface area contributed by atoms with Crippen molar-refractivity contribution in [1.29, 1.82) is 0 Å². The molecule has 1 heterocycles. The SMILES string of the molecule is O=C(COc1cc(F)ccc1[N+](=O)[O-])N1CCN(C(=O)Nc2ccccc2)CC1. The van der Waals surface area contributed by atoms with Crippen molar-refractivity contribution in [3.05, 3.63) is 64.5 Å². The maximum absolute atomic E-state index is 13.3. The number of piperazine rings is 1. The molecule has 0 aromatic heterocycles. The average molecular weight is 402 g/mol. The van der Waals surface area contributed by atoms with E-state index in [9.17, 15) is 24.1 Å². The van der Waals surface area contributed by atoms with Crippen molar-refractivity contribution in [3.63, 3.8) is 0 Å². The summed E-state index contributed by atoms with van der Waals surface area (Å²) in [4.78, 5) is 38.0. The summed E-state index contributed by atoms with van der Waals surface area (Å²) in [6.07, 6.45) is 0. The molecule has 3 amide bonds. The minimum Gasteiger partial charge on any atom is -0.477 e. The molecule has 152 valence electrons. The number of para-hydroxylation sites is 1. The third kappa shape index (κ3) is 5.18. The summed E-state index contributed by atoms with van der Waals surface area (Å²) in [6.45, 7) is 0.820. The van der Waals surface area contributed by atoms with Crippen molar-refractivity contribution < 1.29 is 23.6 Å². The molecule has 2 aromatic carbocycles. The van der Waals surface area contributed by atoms with Gasteiger partial charge in [0.1, 0.15) is 5.82 Å². The van der Waals surface area contributed by atoms with Crippen LogP contribution < -0.4 is 10.1 Å². The molecule has 0 radical (unpaired) electrons. The van der Waals surface area contributed by atoms with Crippen molar-refractivity contribution in [2.24, 2.45) is 0 Å². The molecule has 29 heavy (non-hydrogen) atoms. The van der Waals surface area contributed by atoms with Gasteiger partial charge < -0.3 is 19.9 Å². The number of hydrogen-bond donors (Lipinski definition) is 1. The fourth-order valence-electron chi connectivity index (χ4n) is 2.87. The van der Waals surface area contributed by atoms with Crippen LogP contribution in [0.4, 0.5) is 20.6 Å². The van der Waals surface area contributed by atoms with Gasteiger partial charge in [0, 0.05) is 44.0 Å². The Morgan fingerprint density at radius 2 is 1.72 bits per heavy atom. The first-order valence-corrected chi connectivity index (χ1v) is 8.89. The number of nitro groups is 1. The van der Waals surface area contributed by atoms with E-state index in [2.05, 4.69) is 5.32 Å². The van der Waals surface area contributed by atoms with Crippen LogP contribution in [0.5, 0.6) is 5.75 Å². The van der Waals surface area contributed by atoms with E-state index in [0.717, 1.165) is 18.2 Å². The molecule has 1 fully saturated rings. The zero-order valence-corrected chi connectivity index (χ0v) is 15.4. The highest BCUT2D eigenvalue weighted by molar-refractivity contribution is 5.89. The van der Waals surface area contributed by atoms with E-state index >= 15 is 0 Å². The number of nitrogens with zero attached hydrogens (tertiary/aromatic N) is 3. The topological polar surface area (TPSA) is 105 Å². The molecule has 0 aliphatic carbocycles. The molecule has 1 N–H and O–H groups in total. The number of rotatable bonds is 5. The minimum absolute atomic E-state index is 0.255. The number of nitro benzene ring substituents is 1. The number of carbonyl (C=O) groups is 2. The van der Waals surface area contributed by atoms with Crippen molar-refractivity contribution in [2.75, 3.05) is 38.1 Å². The Morgan fingerprint density at radius 3 is 2.38 bits per heavy atom. The van der Waals surface area contributed by atoms with Gasteiger partial charge in [-0.3, -0.25) is 14.9 Å². The number of ether oxygens (including phenoxy) is 1. The number of benzene rings is 2. The van der Waals surface area contributed by atoms with Crippen molar-refractivity contribution in [1.82, 2.24) is 9.80 Å². The normalized spacial score (nSPS) is 13.7. The zero-order valence-electron chi connectivity index (χ0n) is 15.4. The summed E-state index contributed by atoms with van der Waals surface area (Å²) in [5, 5.41) is 13.8. The first-order chi connectivity index (χ1) is 13.9. The Kier molecular flexibility index (Phi) is 6.22. The number of hydrogen-bond acceptors (Lipinski definition) is 5. The molecule has 1 aliphatic heterocycles. The number of nitrogens with one attached hydrogen (secondary N) is 1. The Labute approximate surface area is 165 Å². The van der Waals surface area contributed by atoms with Crippen LogP contribution >= 0.6 is 0 Å². The first kappa shape index (κ1) is 20.1. The van der Waals surface area contributed by atoms with Gasteiger partial charge in [0.25, 0.3) is 5.91 Å². The first-order valence-electron chi connectivity index (χ1n) is 8.89. The summed E-state index contributed by atoms with van der Waals surface area (Å²) >= 11 is 0. The second-order valence-corrected chi connectivity index (χ2v) is 6.32. The average Bonchev–Trinajstić information content (AvgIpc) is 2.72. The predicted octanol–water partition coefficient (Wildman–Crippen LogP) is 2.49. The molecular formula is C19H19FN4O5. The monoisotopic (exact) mass is 402 g/mol. The third-order valence-electron chi connectivity index (χ3n) is 4.41. The highest BCUT2D eigenvalue weighted by Crippen LogP contribution is 2.27. The van der Waals surface area contributed by atoms with Gasteiger partial charge in [-0.15, -0.1) is 0 Å². The van der Waals surface area contributed by atoms with Gasteiger partial charge in [0.15, 0.2) is 6.61 Å². The largest absolute Gasteiger partial charge is 0.477 e. The summed E-state index contributed by atoms with van der Waals surface area (Å²) < 4.78 is 18.5. The highest BCUT2D eigenvalue weighted by Gasteiger charge is 2.25. The quantitative estimate of drug-likeness (QED) is 0.611. The Bertz CT molecular complexity index is 901. The van der Waals surface area contributed by atoms with E-state index in [1.54, 1.807) is 17.0 Å². The Hall–Kier alpha value is -3.69. The standard InChI is InChI=1S/C19H19FN4O5/c20-14-6-7-16(24(27)28)17(12-14)29-13-18(25)22-8-10-23(11-9-22)19(26)21-15-4-2-1-3-5-15/h1-7,12H,8-11,13H2,(H,21,26). The molecule has 1 aliphatic rings. The molecule has 0 atom stereocenters. The number of urea groups is 1. The fourth-order valence-corrected chi connectivity index (χ4v) is 2.87. The summed E-state index contributed by atoms with van der Waals surface area (Å²) in [5.41, 5.74) is 0.266. The van der Waals surface area contributed by atoms with Crippen LogP contribution in [-0.2, 0) is 4.79 Å². The van der Waals surface area contributed by atoms with Gasteiger partial charge in [-0.05, 0) is 18.2 Å². The second kappa shape index (κ2) is 9.00. The maximum Gasteiger partial charge on any atom is 0.321 e. The van der Waals surface area contributed by atoms with Gasteiger partial charge in [-0.2, -0.15) is 0 Å². The number of halogens is 1. The lowest BCUT2D eigenvalue weighted by atomic mass is 10.3. The number of carbonyl (C=O) groups excluding carboxylic acids is 2. The number of anilines is 1. The molecule has 0 saturated carbocycles. The van der Waals surface area contributed by atoms with E-state index in [-0.39, 0.29) is 11.8 Å². The van der Waals surface area contributed by atoms with E-state index in [4.69, 9.17) is 4.74 Å². The van der Waals surface area contributed by atoms with Crippen molar-refractivity contribution in [2.45, 2.75) is 0 Å². The molecule has 9 nitrogen and oxygen atoms in total.